The average Bonchev–Trinajstić information content (AvgIpc) is 2.04. The molecule has 0 saturated heterocycles. The van der Waals surface area contributed by atoms with Gasteiger partial charge in [0.05, 0.1) is 5.69 Å². The van der Waals surface area contributed by atoms with Crippen LogP contribution in [-0.4, -0.2) is 36.0 Å². The summed E-state index contributed by atoms with van der Waals surface area (Å²) in [6, 6.07) is 0. The van der Waals surface area contributed by atoms with Gasteiger partial charge in [-0.15, -0.1) is 0 Å². The number of nitrogens with one attached hydrogen (secondary N) is 1. The third-order valence-corrected chi connectivity index (χ3v) is 1.48. The molecule has 0 saturated carbocycles. The lowest BCUT2D eigenvalue weighted by Crippen LogP contribution is -2.14. The monoisotopic (exact) mass is 166 g/mol. The highest BCUT2D eigenvalue weighted by molar-refractivity contribution is 5.38. The van der Waals surface area contributed by atoms with Gasteiger partial charge in [0.2, 0.25) is 0 Å². The number of rotatable bonds is 3. The molecule has 0 unspecified atom stereocenters. The molecule has 4 nitrogen and oxygen atoms in total. The van der Waals surface area contributed by atoms with Crippen molar-refractivity contribution in [2.24, 2.45) is 0 Å². The summed E-state index contributed by atoms with van der Waals surface area (Å²) >= 11 is 0. The zero-order chi connectivity index (χ0) is 8.97. The lowest BCUT2D eigenvalue weighted by Gasteiger charge is -2.11. The fraction of sp³-hybridized carbons (Fsp3) is 0.500. The van der Waals surface area contributed by atoms with Crippen molar-refractivity contribution in [2.45, 2.75) is 6.54 Å². The smallest absolute Gasteiger partial charge is 0.148 e. The Kier molecular flexibility index (Phi) is 2.99. The summed E-state index contributed by atoms with van der Waals surface area (Å²) in [5.41, 5.74) is 0.977. The molecule has 1 heterocycles. The zero-order valence-electron chi connectivity index (χ0n) is 7.70. The van der Waals surface area contributed by atoms with Crippen LogP contribution < -0.4 is 5.32 Å². The van der Waals surface area contributed by atoms with Gasteiger partial charge in [-0.25, -0.2) is 4.98 Å². The van der Waals surface area contributed by atoms with Gasteiger partial charge in [-0.1, -0.05) is 0 Å². The SMILES string of the molecule is CNc1nccnc1CN(C)C. The fourth-order valence-electron chi connectivity index (χ4n) is 0.991. The molecule has 0 fully saturated rings. The predicted octanol–water partition coefficient (Wildman–Crippen LogP) is 0.580. The second-order valence-electron chi connectivity index (χ2n) is 2.84. The van der Waals surface area contributed by atoms with Gasteiger partial charge in [0, 0.05) is 26.0 Å². The van der Waals surface area contributed by atoms with Gasteiger partial charge in [-0.3, -0.25) is 4.98 Å². The van der Waals surface area contributed by atoms with Gasteiger partial charge < -0.3 is 10.2 Å². The number of nitrogens with zero attached hydrogens (tertiary/aromatic N) is 3. The van der Waals surface area contributed by atoms with Crippen molar-refractivity contribution in [3.05, 3.63) is 18.1 Å². The van der Waals surface area contributed by atoms with Crippen molar-refractivity contribution < 1.29 is 0 Å². The quantitative estimate of drug-likeness (QED) is 0.713. The minimum Gasteiger partial charge on any atom is -0.372 e. The Bertz CT molecular complexity index is 247. The summed E-state index contributed by atoms with van der Waals surface area (Å²) < 4.78 is 0. The number of aromatic nitrogens is 2. The molecule has 66 valence electrons. The maximum Gasteiger partial charge on any atom is 0.148 e. The summed E-state index contributed by atoms with van der Waals surface area (Å²) in [6.45, 7) is 0.810. The molecule has 1 aromatic rings. The van der Waals surface area contributed by atoms with Crippen molar-refractivity contribution in [1.29, 1.82) is 0 Å². The van der Waals surface area contributed by atoms with Crippen LogP contribution in [0.2, 0.25) is 0 Å². The van der Waals surface area contributed by atoms with Crippen LogP contribution in [-0.2, 0) is 6.54 Å². The molecule has 0 atom stereocenters. The molecular formula is C8H14N4. The standard InChI is InChI=1S/C8H14N4/c1-9-8-7(6-12(2)3)10-4-5-11-8/h4-5H,6H2,1-3H3,(H,9,11). The van der Waals surface area contributed by atoms with Crippen LogP contribution in [0.5, 0.6) is 0 Å². The highest BCUT2D eigenvalue weighted by Crippen LogP contribution is 2.07. The summed E-state index contributed by atoms with van der Waals surface area (Å²) in [6.07, 6.45) is 3.39. The largest absolute Gasteiger partial charge is 0.372 e. The van der Waals surface area contributed by atoms with Gasteiger partial charge in [-0.2, -0.15) is 0 Å². The van der Waals surface area contributed by atoms with Crippen LogP contribution in [0, 0.1) is 0 Å². The van der Waals surface area contributed by atoms with Crippen molar-refractivity contribution >= 4 is 5.82 Å². The Hall–Kier alpha value is -1.16. The van der Waals surface area contributed by atoms with Crippen LogP contribution in [0.1, 0.15) is 5.69 Å². The fourth-order valence-corrected chi connectivity index (χ4v) is 0.991. The third-order valence-electron chi connectivity index (χ3n) is 1.48. The van der Waals surface area contributed by atoms with Crippen molar-refractivity contribution in [3.63, 3.8) is 0 Å². The first-order chi connectivity index (χ1) is 5.74. The molecule has 0 aromatic carbocycles. The van der Waals surface area contributed by atoms with Gasteiger partial charge in [0.25, 0.3) is 0 Å². The first kappa shape index (κ1) is 8.93. The van der Waals surface area contributed by atoms with E-state index >= 15 is 0 Å². The van der Waals surface area contributed by atoms with Gasteiger partial charge in [0.15, 0.2) is 0 Å². The molecular weight excluding hydrogens is 152 g/mol. The minimum atomic E-state index is 0.810. The molecule has 0 radical (unpaired) electrons. The first-order valence-corrected chi connectivity index (χ1v) is 3.86. The van der Waals surface area contributed by atoms with E-state index in [1.807, 2.05) is 21.1 Å². The molecule has 1 N–H and O–H groups in total. The van der Waals surface area contributed by atoms with E-state index in [1.54, 1.807) is 12.4 Å². The van der Waals surface area contributed by atoms with E-state index < -0.39 is 0 Å². The Labute approximate surface area is 72.6 Å². The van der Waals surface area contributed by atoms with E-state index in [4.69, 9.17) is 0 Å². The summed E-state index contributed by atoms with van der Waals surface area (Å²) in [5, 5.41) is 3.00. The molecule has 12 heavy (non-hydrogen) atoms. The Morgan fingerprint density at radius 2 is 2.00 bits per heavy atom. The molecule has 0 bridgehead atoms. The summed E-state index contributed by atoms with van der Waals surface area (Å²) in [5.74, 6) is 0.853. The lowest BCUT2D eigenvalue weighted by atomic mass is 10.4. The summed E-state index contributed by atoms with van der Waals surface area (Å²) in [7, 11) is 5.87. The molecule has 0 amide bonds. The van der Waals surface area contributed by atoms with E-state index in [0.29, 0.717) is 0 Å². The number of hydrogen-bond acceptors (Lipinski definition) is 4. The predicted molar refractivity (Wildman–Crippen MR) is 49.0 cm³/mol. The molecule has 4 heteroatoms. The van der Waals surface area contributed by atoms with Crippen LogP contribution in [0.3, 0.4) is 0 Å². The first-order valence-electron chi connectivity index (χ1n) is 3.86. The third kappa shape index (κ3) is 2.17. The zero-order valence-corrected chi connectivity index (χ0v) is 7.70. The lowest BCUT2D eigenvalue weighted by molar-refractivity contribution is 0.397. The second kappa shape index (κ2) is 4.01. The Morgan fingerprint density at radius 1 is 1.33 bits per heavy atom. The van der Waals surface area contributed by atoms with Gasteiger partial charge in [-0.05, 0) is 14.1 Å². The normalized spacial score (nSPS) is 10.3. The maximum atomic E-state index is 4.22. The van der Waals surface area contributed by atoms with Gasteiger partial charge >= 0.3 is 0 Å². The van der Waals surface area contributed by atoms with E-state index in [9.17, 15) is 0 Å². The summed E-state index contributed by atoms with van der Waals surface area (Å²) in [4.78, 5) is 10.4. The topological polar surface area (TPSA) is 41.1 Å². The minimum absolute atomic E-state index is 0.810. The van der Waals surface area contributed by atoms with Crippen molar-refractivity contribution in [3.8, 4) is 0 Å². The van der Waals surface area contributed by atoms with Crippen molar-refractivity contribution in [2.75, 3.05) is 26.5 Å². The molecule has 0 aliphatic rings. The highest BCUT2D eigenvalue weighted by Gasteiger charge is 2.02. The average molecular weight is 166 g/mol. The van der Waals surface area contributed by atoms with E-state index in [2.05, 4.69) is 20.2 Å². The van der Waals surface area contributed by atoms with Gasteiger partial charge in [0.1, 0.15) is 5.82 Å². The van der Waals surface area contributed by atoms with Crippen LogP contribution in [0.15, 0.2) is 12.4 Å². The van der Waals surface area contributed by atoms with Crippen LogP contribution >= 0.6 is 0 Å². The number of hydrogen-bond donors (Lipinski definition) is 1. The molecule has 0 aliphatic heterocycles. The van der Waals surface area contributed by atoms with Crippen molar-refractivity contribution in [1.82, 2.24) is 14.9 Å². The second-order valence-corrected chi connectivity index (χ2v) is 2.84. The van der Waals surface area contributed by atoms with E-state index in [0.717, 1.165) is 18.1 Å². The molecule has 0 aliphatic carbocycles. The van der Waals surface area contributed by atoms with E-state index in [1.165, 1.54) is 0 Å². The maximum absolute atomic E-state index is 4.22. The molecule has 0 spiro atoms. The van der Waals surface area contributed by atoms with Crippen LogP contribution in [0.25, 0.3) is 0 Å². The van der Waals surface area contributed by atoms with Crippen LogP contribution in [0.4, 0.5) is 5.82 Å². The highest BCUT2D eigenvalue weighted by atomic mass is 15.1. The number of anilines is 1. The molecule has 1 rings (SSSR count). The van der Waals surface area contributed by atoms with E-state index in [-0.39, 0.29) is 0 Å². The molecule has 1 aromatic heterocycles. The Morgan fingerprint density at radius 3 is 2.58 bits per heavy atom. The Balaban J connectivity index is 2.82.